The minimum absolute atomic E-state index is 0.104. The Morgan fingerprint density at radius 1 is 1.59 bits per heavy atom. The molecule has 4 nitrogen and oxygen atoms in total. The maximum absolute atomic E-state index is 12.4. The number of anilines is 1. The van der Waals surface area contributed by atoms with E-state index in [1.807, 2.05) is 18.0 Å². The van der Waals surface area contributed by atoms with Crippen LogP contribution >= 0.6 is 0 Å². The lowest BCUT2D eigenvalue weighted by atomic mass is 10.2. The van der Waals surface area contributed by atoms with Crippen molar-refractivity contribution in [3.8, 4) is 0 Å². The van der Waals surface area contributed by atoms with Gasteiger partial charge in [-0.1, -0.05) is 6.92 Å². The molecule has 0 aliphatic heterocycles. The Bertz CT molecular complexity index is 401. The average Bonchev–Trinajstić information content (AvgIpc) is 3.19. The molecule has 0 unspecified atom stereocenters. The van der Waals surface area contributed by atoms with Crippen molar-refractivity contribution in [3.05, 3.63) is 24.0 Å². The first-order chi connectivity index (χ1) is 8.27. The van der Waals surface area contributed by atoms with Gasteiger partial charge in [-0.15, -0.1) is 0 Å². The third kappa shape index (κ3) is 2.57. The van der Waals surface area contributed by atoms with E-state index < -0.39 is 0 Å². The SMILES string of the molecule is CCCN(C(=O)c1cnccc1NC)C1CC1. The molecule has 1 aliphatic rings. The van der Waals surface area contributed by atoms with E-state index in [9.17, 15) is 4.79 Å². The highest BCUT2D eigenvalue weighted by atomic mass is 16.2. The zero-order valence-corrected chi connectivity index (χ0v) is 10.4. The Morgan fingerprint density at radius 3 is 2.94 bits per heavy atom. The number of hydrogen-bond donors (Lipinski definition) is 1. The molecule has 0 aromatic carbocycles. The fourth-order valence-corrected chi connectivity index (χ4v) is 2.01. The van der Waals surface area contributed by atoms with Crippen LogP contribution in [0.2, 0.25) is 0 Å². The molecule has 0 saturated heterocycles. The standard InChI is InChI=1S/C13H19N3O/c1-3-8-16(10-4-5-10)13(17)11-9-15-7-6-12(11)14-2/h6-7,9-10H,3-5,8H2,1-2H3,(H,14,15). The van der Waals surface area contributed by atoms with Crippen LogP contribution in [0.3, 0.4) is 0 Å². The summed E-state index contributed by atoms with van der Waals surface area (Å²) in [5.74, 6) is 0.104. The molecule has 1 saturated carbocycles. The molecule has 92 valence electrons. The quantitative estimate of drug-likeness (QED) is 0.847. The third-order valence-electron chi connectivity index (χ3n) is 3.03. The molecule has 17 heavy (non-hydrogen) atoms. The summed E-state index contributed by atoms with van der Waals surface area (Å²) in [6, 6.07) is 2.29. The van der Waals surface area contributed by atoms with E-state index >= 15 is 0 Å². The molecule has 0 bridgehead atoms. The van der Waals surface area contributed by atoms with Gasteiger partial charge in [0.25, 0.3) is 5.91 Å². The van der Waals surface area contributed by atoms with Gasteiger partial charge in [-0.25, -0.2) is 0 Å². The zero-order valence-electron chi connectivity index (χ0n) is 10.4. The summed E-state index contributed by atoms with van der Waals surface area (Å²) >= 11 is 0. The third-order valence-corrected chi connectivity index (χ3v) is 3.03. The van der Waals surface area contributed by atoms with Crippen molar-refractivity contribution < 1.29 is 4.79 Å². The normalized spacial score (nSPS) is 14.5. The first-order valence-electron chi connectivity index (χ1n) is 6.20. The van der Waals surface area contributed by atoms with Crippen LogP contribution in [-0.2, 0) is 0 Å². The van der Waals surface area contributed by atoms with Crippen molar-refractivity contribution in [1.82, 2.24) is 9.88 Å². The summed E-state index contributed by atoms with van der Waals surface area (Å²) in [7, 11) is 1.83. The molecule has 4 heteroatoms. The van der Waals surface area contributed by atoms with Crippen LogP contribution in [0.5, 0.6) is 0 Å². The number of carbonyl (C=O) groups is 1. The van der Waals surface area contributed by atoms with Crippen molar-refractivity contribution >= 4 is 11.6 Å². The average molecular weight is 233 g/mol. The zero-order chi connectivity index (χ0) is 12.3. The summed E-state index contributed by atoms with van der Waals surface area (Å²) in [6.45, 7) is 2.94. The summed E-state index contributed by atoms with van der Waals surface area (Å²) in [4.78, 5) is 18.5. The predicted molar refractivity (Wildman–Crippen MR) is 68.1 cm³/mol. The van der Waals surface area contributed by atoms with Crippen LogP contribution in [0.15, 0.2) is 18.5 Å². The smallest absolute Gasteiger partial charge is 0.257 e. The van der Waals surface area contributed by atoms with Crippen molar-refractivity contribution in [2.45, 2.75) is 32.2 Å². The first kappa shape index (κ1) is 11.9. The summed E-state index contributed by atoms with van der Waals surface area (Å²) < 4.78 is 0. The van der Waals surface area contributed by atoms with E-state index in [0.717, 1.165) is 31.5 Å². The van der Waals surface area contributed by atoms with Crippen LogP contribution in [0.25, 0.3) is 0 Å². The predicted octanol–water partition coefficient (Wildman–Crippen LogP) is 2.14. The molecule has 0 spiro atoms. The molecule has 0 radical (unpaired) electrons. The minimum Gasteiger partial charge on any atom is -0.387 e. The van der Waals surface area contributed by atoms with Crippen LogP contribution in [-0.4, -0.2) is 35.4 Å². The number of pyridine rings is 1. The van der Waals surface area contributed by atoms with Crippen LogP contribution < -0.4 is 5.32 Å². The maximum atomic E-state index is 12.4. The van der Waals surface area contributed by atoms with Crippen molar-refractivity contribution in [2.24, 2.45) is 0 Å². The molecule has 0 atom stereocenters. The van der Waals surface area contributed by atoms with Gasteiger partial charge >= 0.3 is 0 Å². The lowest BCUT2D eigenvalue weighted by Gasteiger charge is -2.22. The fourth-order valence-electron chi connectivity index (χ4n) is 2.01. The summed E-state index contributed by atoms with van der Waals surface area (Å²) in [5.41, 5.74) is 1.53. The second-order valence-corrected chi connectivity index (χ2v) is 4.40. The molecule has 1 amide bonds. The molecular weight excluding hydrogens is 214 g/mol. The van der Waals surface area contributed by atoms with Gasteiger partial charge in [0.1, 0.15) is 0 Å². The largest absolute Gasteiger partial charge is 0.387 e. The highest BCUT2D eigenvalue weighted by Gasteiger charge is 2.33. The van der Waals surface area contributed by atoms with Crippen molar-refractivity contribution in [2.75, 3.05) is 18.9 Å². The number of nitrogens with one attached hydrogen (secondary N) is 1. The summed E-state index contributed by atoms with van der Waals surface area (Å²) in [5, 5.41) is 3.05. The number of amides is 1. The van der Waals surface area contributed by atoms with E-state index in [1.165, 1.54) is 0 Å². The Kier molecular flexibility index (Phi) is 3.61. The molecule has 2 rings (SSSR count). The van der Waals surface area contributed by atoms with Gasteiger partial charge in [-0.2, -0.15) is 0 Å². The second kappa shape index (κ2) is 5.17. The number of nitrogens with zero attached hydrogens (tertiary/aromatic N) is 2. The molecule has 1 aromatic rings. The highest BCUT2D eigenvalue weighted by Crippen LogP contribution is 2.29. The molecule has 1 aliphatic carbocycles. The van der Waals surface area contributed by atoms with Crippen molar-refractivity contribution in [3.63, 3.8) is 0 Å². The lowest BCUT2D eigenvalue weighted by molar-refractivity contribution is 0.0743. The molecule has 1 heterocycles. The van der Waals surface area contributed by atoms with Gasteiger partial charge in [0.15, 0.2) is 0 Å². The Balaban J connectivity index is 2.21. The van der Waals surface area contributed by atoms with Crippen LogP contribution in [0.4, 0.5) is 5.69 Å². The van der Waals surface area contributed by atoms with E-state index in [4.69, 9.17) is 0 Å². The Morgan fingerprint density at radius 2 is 2.35 bits per heavy atom. The topological polar surface area (TPSA) is 45.2 Å². The molecular formula is C13H19N3O. The van der Waals surface area contributed by atoms with Gasteiger partial charge in [0.05, 0.1) is 5.56 Å². The molecule has 1 fully saturated rings. The van der Waals surface area contributed by atoms with Gasteiger partial charge in [0, 0.05) is 37.7 Å². The number of aromatic nitrogens is 1. The van der Waals surface area contributed by atoms with Gasteiger partial charge < -0.3 is 10.2 Å². The van der Waals surface area contributed by atoms with Gasteiger partial charge in [-0.3, -0.25) is 9.78 Å². The van der Waals surface area contributed by atoms with Crippen LogP contribution in [0.1, 0.15) is 36.5 Å². The van der Waals surface area contributed by atoms with E-state index in [2.05, 4.69) is 17.2 Å². The van der Waals surface area contributed by atoms with Gasteiger partial charge in [0.2, 0.25) is 0 Å². The number of carbonyl (C=O) groups excluding carboxylic acids is 1. The van der Waals surface area contributed by atoms with Crippen LogP contribution in [0, 0.1) is 0 Å². The van der Waals surface area contributed by atoms with E-state index in [1.54, 1.807) is 12.4 Å². The monoisotopic (exact) mass is 233 g/mol. The number of hydrogen-bond acceptors (Lipinski definition) is 3. The lowest BCUT2D eigenvalue weighted by Crippen LogP contribution is -2.34. The molecule has 1 aromatic heterocycles. The second-order valence-electron chi connectivity index (χ2n) is 4.40. The van der Waals surface area contributed by atoms with E-state index in [0.29, 0.717) is 11.6 Å². The Labute approximate surface area is 102 Å². The van der Waals surface area contributed by atoms with Gasteiger partial charge in [-0.05, 0) is 25.3 Å². The number of rotatable bonds is 5. The minimum atomic E-state index is 0.104. The fraction of sp³-hybridized carbons (Fsp3) is 0.538. The van der Waals surface area contributed by atoms with E-state index in [-0.39, 0.29) is 5.91 Å². The Hall–Kier alpha value is -1.58. The molecule has 1 N–H and O–H groups in total. The van der Waals surface area contributed by atoms with Crippen molar-refractivity contribution in [1.29, 1.82) is 0 Å². The maximum Gasteiger partial charge on any atom is 0.257 e. The highest BCUT2D eigenvalue weighted by molar-refractivity contribution is 5.99. The first-order valence-corrected chi connectivity index (χ1v) is 6.20. The summed E-state index contributed by atoms with van der Waals surface area (Å²) in [6.07, 6.45) is 6.63.